The fraction of sp³-hybridized carbons (Fsp3) is 0.429. The van der Waals surface area contributed by atoms with E-state index in [2.05, 4.69) is 23.3 Å². The zero-order valence-corrected chi connectivity index (χ0v) is 10.5. The van der Waals surface area contributed by atoms with Crippen LogP contribution in [0.25, 0.3) is 0 Å². The van der Waals surface area contributed by atoms with Gasteiger partial charge in [-0.2, -0.15) is 0 Å². The minimum atomic E-state index is 0.690. The molecular formula is C14H19N3. The molecule has 1 heterocycles. The first-order valence-electron chi connectivity index (χ1n) is 6.11. The van der Waals surface area contributed by atoms with Gasteiger partial charge in [-0.25, -0.2) is 0 Å². The molecule has 0 radical (unpaired) electrons. The molecule has 1 aromatic rings. The summed E-state index contributed by atoms with van der Waals surface area (Å²) in [6.07, 6.45) is 3.64. The third kappa shape index (κ3) is 2.38. The summed E-state index contributed by atoms with van der Waals surface area (Å²) in [6.45, 7) is 3.15. The van der Waals surface area contributed by atoms with E-state index in [9.17, 15) is 0 Å². The molecule has 1 aliphatic rings. The second-order valence-electron chi connectivity index (χ2n) is 4.59. The van der Waals surface area contributed by atoms with Crippen molar-refractivity contribution in [3.8, 4) is 0 Å². The van der Waals surface area contributed by atoms with Crippen LogP contribution >= 0.6 is 0 Å². The summed E-state index contributed by atoms with van der Waals surface area (Å²) in [5.74, 6) is 0.690. The number of rotatable bonds is 3. The lowest BCUT2D eigenvalue weighted by molar-refractivity contribution is 0.538. The van der Waals surface area contributed by atoms with Gasteiger partial charge in [-0.1, -0.05) is 19.1 Å². The van der Waals surface area contributed by atoms with Gasteiger partial charge < -0.3 is 10.7 Å². The van der Waals surface area contributed by atoms with Crippen molar-refractivity contribution >= 4 is 17.6 Å². The van der Waals surface area contributed by atoms with E-state index in [0.717, 1.165) is 35.5 Å². The average Bonchev–Trinajstić information content (AvgIpc) is 2.38. The van der Waals surface area contributed by atoms with E-state index in [4.69, 9.17) is 5.41 Å². The Balaban J connectivity index is 2.41. The molecule has 0 saturated carbocycles. The van der Waals surface area contributed by atoms with E-state index < -0.39 is 0 Å². The van der Waals surface area contributed by atoms with Gasteiger partial charge in [0, 0.05) is 42.3 Å². The molecule has 1 atom stereocenters. The second kappa shape index (κ2) is 5.13. The Labute approximate surface area is 102 Å². The van der Waals surface area contributed by atoms with E-state index in [1.54, 1.807) is 0 Å². The van der Waals surface area contributed by atoms with Crippen LogP contribution < -0.4 is 5.32 Å². The van der Waals surface area contributed by atoms with E-state index in [1.807, 2.05) is 19.2 Å². The van der Waals surface area contributed by atoms with Gasteiger partial charge in [0.15, 0.2) is 0 Å². The highest BCUT2D eigenvalue weighted by Crippen LogP contribution is 2.23. The largest absolute Gasteiger partial charge is 0.388 e. The molecule has 2 rings (SSSR count). The molecule has 0 saturated heterocycles. The van der Waals surface area contributed by atoms with Crippen molar-refractivity contribution in [2.75, 3.05) is 18.9 Å². The minimum absolute atomic E-state index is 0.690. The van der Waals surface area contributed by atoms with Crippen molar-refractivity contribution in [3.63, 3.8) is 0 Å². The smallest absolute Gasteiger partial charge is 0.0433 e. The molecule has 3 heteroatoms. The Morgan fingerprint density at radius 3 is 2.88 bits per heavy atom. The monoisotopic (exact) mass is 229 g/mol. The molecule has 0 bridgehead atoms. The molecule has 1 aliphatic heterocycles. The number of nitrogens with one attached hydrogen (secondary N) is 2. The van der Waals surface area contributed by atoms with Crippen LogP contribution in [0, 0.1) is 11.3 Å². The number of hydrogen-bond acceptors (Lipinski definition) is 3. The van der Waals surface area contributed by atoms with E-state index in [1.165, 1.54) is 12.6 Å². The number of nitrogens with zero attached hydrogens (tertiary/aromatic N) is 1. The van der Waals surface area contributed by atoms with E-state index >= 15 is 0 Å². The van der Waals surface area contributed by atoms with Crippen LogP contribution in [0.5, 0.6) is 0 Å². The van der Waals surface area contributed by atoms with Crippen LogP contribution in [0.4, 0.5) is 5.69 Å². The first-order chi connectivity index (χ1) is 8.26. The summed E-state index contributed by atoms with van der Waals surface area (Å²) >= 11 is 0. The lowest BCUT2D eigenvalue weighted by Crippen LogP contribution is -2.16. The highest BCUT2D eigenvalue weighted by molar-refractivity contribution is 6.08. The standard InChI is InChI=1S/C14H19N3/c1-10-6-7-14(17-9-10)11-4-3-5-13(16-2)12(11)8-15/h3-5,8,10,15-16H,6-7,9H2,1-2H3. The van der Waals surface area contributed by atoms with Crippen LogP contribution in [-0.4, -0.2) is 25.5 Å². The molecule has 0 fully saturated rings. The van der Waals surface area contributed by atoms with Crippen LogP contribution in [-0.2, 0) is 0 Å². The molecule has 0 aromatic heterocycles. The predicted molar refractivity (Wildman–Crippen MR) is 73.7 cm³/mol. The fourth-order valence-corrected chi connectivity index (χ4v) is 2.23. The zero-order valence-electron chi connectivity index (χ0n) is 10.5. The van der Waals surface area contributed by atoms with Gasteiger partial charge in [0.25, 0.3) is 0 Å². The summed E-state index contributed by atoms with van der Waals surface area (Å²) in [5.41, 5.74) is 4.21. The van der Waals surface area contributed by atoms with Gasteiger partial charge in [0.1, 0.15) is 0 Å². The Hall–Kier alpha value is -1.64. The molecule has 3 nitrogen and oxygen atoms in total. The van der Waals surface area contributed by atoms with Crippen molar-refractivity contribution < 1.29 is 0 Å². The van der Waals surface area contributed by atoms with Gasteiger partial charge in [-0.3, -0.25) is 4.99 Å². The topological polar surface area (TPSA) is 48.2 Å². The first-order valence-corrected chi connectivity index (χ1v) is 6.11. The number of anilines is 1. The maximum Gasteiger partial charge on any atom is 0.0433 e. The molecule has 0 amide bonds. The molecule has 1 aromatic carbocycles. The number of aliphatic imine (C=N–C) groups is 1. The minimum Gasteiger partial charge on any atom is -0.388 e. The van der Waals surface area contributed by atoms with Gasteiger partial charge in [0.2, 0.25) is 0 Å². The van der Waals surface area contributed by atoms with Gasteiger partial charge >= 0.3 is 0 Å². The SMILES string of the molecule is CNc1cccc(C2=NCC(C)CC2)c1C=N. The van der Waals surface area contributed by atoms with Crippen LogP contribution in [0.15, 0.2) is 23.2 Å². The lowest BCUT2D eigenvalue weighted by Gasteiger charge is -2.19. The van der Waals surface area contributed by atoms with Crippen molar-refractivity contribution in [1.82, 2.24) is 0 Å². The zero-order chi connectivity index (χ0) is 12.3. The third-order valence-corrected chi connectivity index (χ3v) is 3.30. The normalized spacial score (nSPS) is 19.6. The van der Waals surface area contributed by atoms with Crippen molar-refractivity contribution in [2.24, 2.45) is 10.9 Å². The van der Waals surface area contributed by atoms with Gasteiger partial charge in [0.05, 0.1) is 0 Å². The summed E-state index contributed by atoms with van der Waals surface area (Å²) in [5, 5.41) is 10.7. The summed E-state index contributed by atoms with van der Waals surface area (Å²) < 4.78 is 0. The van der Waals surface area contributed by atoms with Crippen LogP contribution in [0.2, 0.25) is 0 Å². The Morgan fingerprint density at radius 2 is 2.29 bits per heavy atom. The fourth-order valence-electron chi connectivity index (χ4n) is 2.23. The number of hydrogen-bond donors (Lipinski definition) is 2. The summed E-state index contributed by atoms with van der Waals surface area (Å²) in [4.78, 5) is 4.65. The molecule has 90 valence electrons. The van der Waals surface area contributed by atoms with Gasteiger partial charge in [-0.05, 0) is 24.8 Å². The van der Waals surface area contributed by atoms with Crippen molar-refractivity contribution in [1.29, 1.82) is 5.41 Å². The van der Waals surface area contributed by atoms with Crippen molar-refractivity contribution in [2.45, 2.75) is 19.8 Å². The molecule has 0 spiro atoms. The Morgan fingerprint density at radius 1 is 1.47 bits per heavy atom. The lowest BCUT2D eigenvalue weighted by atomic mass is 9.93. The van der Waals surface area contributed by atoms with Gasteiger partial charge in [-0.15, -0.1) is 0 Å². The second-order valence-corrected chi connectivity index (χ2v) is 4.59. The maximum atomic E-state index is 7.57. The molecular weight excluding hydrogens is 210 g/mol. The van der Waals surface area contributed by atoms with E-state index in [0.29, 0.717) is 5.92 Å². The third-order valence-electron chi connectivity index (χ3n) is 3.30. The average molecular weight is 229 g/mol. The summed E-state index contributed by atoms with van der Waals surface area (Å²) in [6, 6.07) is 6.08. The van der Waals surface area contributed by atoms with E-state index in [-0.39, 0.29) is 0 Å². The first kappa shape index (κ1) is 11.8. The maximum absolute atomic E-state index is 7.57. The predicted octanol–water partition coefficient (Wildman–Crippen LogP) is 2.94. The summed E-state index contributed by atoms with van der Waals surface area (Å²) in [7, 11) is 1.89. The quantitative estimate of drug-likeness (QED) is 0.769. The Bertz CT molecular complexity index is 449. The molecule has 2 N–H and O–H groups in total. The van der Waals surface area contributed by atoms with Crippen molar-refractivity contribution in [3.05, 3.63) is 29.3 Å². The highest BCUT2D eigenvalue weighted by Gasteiger charge is 2.16. The number of benzene rings is 1. The van der Waals surface area contributed by atoms with Crippen LogP contribution in [0.1, 0.15) is 30.9 Å². The van der Waals surface area contributed by atoms with Crippen LogP contribution in [0.3, 0.4) is 0 Å². The molecule has 0 aliphatic carbocycles. The highest BCUT2D eigenvalue weighted by atomic mass is 14.8. The Kier molecular flexibility index (Phi) is 3.57. The molecule has 1 unspecified atom stereocenters. The molecule has 17 heavy (non-hydrogen) atoms.